The zero-order chi connectivity index (χ0) is 16.5. The van der Waals surface area contributed by atoms with E-state index in [1.807, 2.05) is 0 Å². The Balaban J connectivity index is 2.39. The molecule has 0 amide bonds. The molecule has 0 radical (unpaired) electrons. The number of hydrogen-bond acceptors (Lipinski definition) is 3. The van der Waals surface area contributed by atoms with Crippen molar-refractivity contribution in [2.24, 2.45) is 5.92 Å². The van der Waals surface area contributed by atoms with E-state index in [1.54, 1.807) is 7.05 Å². The van der Waals surface area contributed by atoms with Crippen molar-refractivity contribution < 1.29 is 26.0 Å². The predicted molar refractivity (Wildman–Crippen MR) is 72.2 cm³/mol. The molecule has 1 aliphatic heterocycles. The van der Waals surface area contributed by atoms with Gasteiger partial charge in [-0.05, 0) is 44.1 Å². The molecule has 1 aliphatic rings. The Kier molecular flexibility index (Phi) is 4.78. The van der Waals surface area contributed by atoms with E-state index in [4.69, 9.17) is 0 Å². The van der Waals surface area contributed by atoms with Gasteiger partial charge in [0.05, 0.1) is 10.5 Å². The number of nitrogens with one attached hydrogen (secondary N) is 1. The quantitative estimate of drug-likeness (QED) is 0.854. The molecule has 1 aromatic rings. The fourth-order valence-electron chi connectivity index (χ4n) is 2.56. The number of sulfonamides is 1. The maximum absolute atomic E-state index is 13.1. The highest BCUT2D eigenvalue weighted by molar-refractivity contribution is 7.89. The van der Waals surface area contributed by atoms with Gasteiger partial charge in [0.25, 0.3) is 0 Å². The lowest BCUT2D eigenvalue weighted by molar-refractivity contribution is -0.140. The molecule has 1 heterocycles. The number of halogens is 4. The van der Waals surface area contributed by atoms with Crippen molar-refractivity contribution in [2.75, 3.05) is 26.7 Å². The molecule has 0 spiro atoms. The fraction of sp³-hybridized carbons (Fsp3) is 0.538. The van der Waals surface area contributed by atoms with Crippen LogP contribution in [0.15, 0.2) is 23.1 Å². The molecule has 1 unspecified atom stereocenters. The van der Waals surface area contributed by atoms with E-state index in [2.05, 4.69) is 5.32 Å². The summed E-state index contributed by atoms with van der Waals surface area (Å²) >= 11 is 0. The molecule has 1 atom stereocenters. The first-order valence-corrected chi connectivity index (χ1v) is 8.11. The third kappa shape index (κ3) is 3.41. The first kappa shape index (κ1) is 17.2. The number of rotatable bonds is 4. The van der Waals surface area contributed by atoms with Gasteiger partial charge < -0.3 is 5.32 Å². The Morgan fingerprint density at radius 3 is 2.64 bits per heavy atom. The summed E-state index contributed by atoms with van der Waals surface area (Å²) in [5.41, 5.74) is -1.47. The standard InChI is InChI=1S/C13H16F4N2O2S/c1-18-7-9-4-5-19(8-9)22(20,21)12-3-2-10(14)6-11(12)13(15,16)17/h2-3,6,9,18H,4-5,7-8H2,1H3. The fourth-order valence-corrected chi connectivity index (χ4v) is 4.28. The van der Waals surface area contributed by atoms with Gasteiger partial charge in [-0.3, -0.25) is 0 Å². The predicted octanol–water partition coefficient (Wildman–Crippen LogP) is 2.07. The smallest absolute Gasteiger partial charge is 0.319 e. The second-order valence-electron chi connectivity index (χ2n) is 5.21. The molecule has 22 heavy (non-hydrogen) atoms. The molecule has 124 valence electrons. The second kappa shape index (κ2) is 6.13. The van der Waals surface area contributed by atoms with Crippen LogP contribution in [0, 0.1) is 11.7 Å². The molecule has 4 nitrogen and oxygen atoms in total. The molecular weight excluding hydrogens is 324 g/mol. The van der Waals surface area contributed by atoms with Crippen LogP contribution >= 0.6 is 0 Å². The van der Waals surface area contributed by atoms with Crippen LogP contribution in [-0.4, -0.2) is 39.4 Å². The second-order valence-corrected chi connectivity index (χ2v) is 7.12. The van der Waals surface area contributed by atoms with E-state index in [9.17, 15) is 26.0 Å². The van der Waals surface area contributed by atoms with E-state index in [1.165, 1.54) is 0 Å². The summed E-state index contributed by atoms with van der Waals surface area (Å²) in [7, 11) is -2.58. The third-order valence-corrected chi connectivity index (χ3v) is 5.53. The van der Waals surface area contributed by atoms with Gasteiger partial charge in [-0.15, -0.1) is 0 Å². The molecule has 1 N–H and O–H groups in total. The van der Waals surface area contributed by atoms with Crippen LogP contribution in [0.3, 0.4) is 0 Å². The molecule has 2 rings (SSSR count). The van der Waals surface area contributed by atoms with E-state index in [0.717, 1.165) is 10.4 Å². The number of alkyl halides is 3. The highest BCUT2D eigenvalue weighted by Crippen LogP contribution is 2.36. The number of hydrogen-bond donors (Lipinski definition) is 1. The van der Waals surface area contributed by atoms with E-state index in [-0.39, 0.29) is 25.1 Å². The zero-order valence-electron chi connectivity index (χ0n) is 11.8. The van der Waals surface area contributed by atoms with Crippen LogP contribution in [0.25, 0.3) is 0 Å². The first-order chi connectivity index (χ1) is 10.2. The molecule has 0 saturated carbocycles. The molecule has 1 aromatic carbocycles. The summed E-state index contributed by atoms with van der Waals surface area (Å²) < 4.78 is 78.0. The van der Waals surface area contributed by atoms with Crippen LogP contribution in [0.4, 0.5) is 17.6 Å². The summed E-state index contributed by atoms with van der Waals surface area (Å²) in [6.07, 6.45) is -4.36. The van der Waals surface area contributed by atoms with Crippen LogP contribution in [0.2, 0.25) is 0 Å². The maximum Gasteiger partial charge on any atom is 0.417 e. The van der Waals surface area contributed by atoms with E-state index in [0.29, 0.717) is 19.0 Å². The molecule has 9 heteroatoms. The summed E-state index contributed by atoms with van der Waals surface area (Å²) in [6, 6.07) is 1.62. The Morgan fingerprint density at radius 2 is 2.05 bits per heavy atom. The topological polar surface area (TPSA) is 49.4 Å². The average Bonchev–Trinajstić information content (AvgIpc) is 2.87. The normalized spacial score (nSPS) is 20.5. The van der Waals surface area contributed by atoms with Gasteiger partial charge >= 0.3 is 6.18 Å². The summed E-state index contributed by atoms with van der Waals surface area (Å²) in [6.45, 7) is 0.892. The largest absolute Gasteiger partial charge is 0.417 e. The van der Waals surface area contributed by atoms with Crippen molar-refractivity contribution in [1.82, 2.24) is 9.62 Å². The number of benzene rings is 1. The first-order valence-electron chi connectivity index (χ1n) is 6.67. The lowest BCUT2D eigenvalue weighted by Crippen LogP contribution is -2.32. The minimum Gasteiger partial charge on any atom is -0.319 e. The van der Waals surface area contributed by atoms with Gasteiger partial charge in [-0.25, -0.2) is 12.8 Å². The maximum atomic E-state index is 13.1. The van der Waals surface area contributed by atoms with Gasteiger partial charge in [0.2, 0.25) is 10.0 Å². The van der Waals surface area contributed by atoms with Gasteiger partial charge in [0.1, 0.15) is 5.82 Å². The summed E-state index contributed by atoms with van der Waals surface area (Å²) in [4.78, 5) is -0.897. The van der Waals surface area contributed by atoms with E-state index >= 15 is 0 Å². The SMILES string of the molecule is CNCC1CCN(S(=O)(=O)c2ccc(F)cc2C(F)(F)F)C1. The van der Waals surface area contributed by atoms with E-state index < -0.39 is 32.5 Å². The monoisotopic (exact) mass is 340 g/mol. The van der Waals surface area contributed by atoms with Gasteiger partial charge in [0.15, 0.2) is 0 Å². The molecular formula is C13H16F4N2O2S. The van der Waals surface area contributed by atoms with Crippen molar-refractivity contribution in [2.45, 2.75) is 17.5 Å². The van der Waals surface area contributed by atoms with Crippen molar-refractivity contribution in [3.05, 3.63) is 29.6 Å². The highest BCUT2D eigenvalue weighted by atomic mass is 32.2. The van der Waals surface area contributed by atoms with Crippen LogP contribution in [0.1, 0.15) is 12.0 Å². The third-order valence-electron chi connectivity index (χ3n) is 3.61. The Morgan fingerprint density at radius 1 is 1.36 bits per heavy atom. The van der Waals surface area contributed by atoms with Crippen molar-refractivity contribution in [1.29, 1.82) is 0 Å². The van der Waals surface area contributed by atoms with Crippen molar-refractivity contribution in [3.8, 4) is 0 Å². The lowest BCUT2D eigenvalue weighted by Gasteiger charge is -2.20. The minimum absolute atomic E-state index is 0.0505. The Labute approximate surface area is 126 Å². The van der Waals surface area contributed by atoms with Crippen molar-refractivity contribution in [3.63, 3.8) is 0 Å². The molecule has 1 fully saturated rings. The molecule has 0 aromatic heterocycles. The summed E-state index contributed by atoms with van der Waals surface area (Å²) in [5, 5.41) is 2.91. The van der Waals surface area contributed by atoms with Crippen molar-refractivity contribution >= 4 is 10.0 Å². The average molecular weight is 340 g/mol. The summed E-state index contributed by atoms with van der Waals surface area (Å²) in [5.74, 6) is -1.07. The van der Waals surface area contributed by atoms with Crippen LogP contribution < -0.4 is 5.32 Å². The molecule has 0 aliphatic carbocycles. The van der Waals surface area contributed by atoms with Crippen LogP contribution in [0.5, 0.6) is 0 Å². The van der Waals surface area contributed by atoms with Gasteiger partial charge in [0, 0.05) is 13.1 Å². The molecule has 0 bridgehead atoms. The number of nitrogens with zero attached hydrogens (tertiary/aromatic N) is 1. The minimum atomic E-state index is -4.94. The van der Waals surface area contributed by atoms with Crippen LogP contribution in [-0.2, 0) is 16.2 Å². The zero-order valence-corrected chi connectivity index (χ0v) is 12.6. The molecule has 1 saturated heterocycles. The highest BCUT2D eigenvalue weighted by Gasteiger charge is 2.41. The Bertz CT molecular complexity index is 646. The lowest BCUT2D eigenvalue weighted by atomic mass is 10.1. The van der Waals surface area contributed by atoms with Gasteiger partial charge in [-0.2, -0.15) is 17.5 Å². The Hall–Kier alpha value is -1.19. The van der Waals surface area contributed by atoms with Gasteiger partial charge in [-0.1, -0.05) is 0 Å².